The SMILES string of the molecule is C[C@@H](C[C@H]1CO[C@H](c2ccc(C(=O)Nc3ccc(C#N)cc3)cc2)OC1)[C@](O)(Cn1cncn1)c1ccc(F)cc1F. The third-order valence-electron chi connectivity index (χ3n) is 7.45. The number of nitrogens with one attached hydrogen (secondary N) is 1. The Morgan fingerprint density at radius 2 is 1.86 bits per heavy atom. The molecule has 5 rings (SSSR count). The number of nitriles is 1. The number of rotatable bonds is 9. The molecule has 1 aliphatic rings. The number of aromatic nitrogens is 3. The lowest BCUT2D eigenvalue weighted by Crippen LogP contribution is -2.41. The van der Waals surface area contributed by atoms with E-state index >= 15 is 0 Å². The fourth-order valence-corrected chi connectivity index (χ4v) is 5.10. The van der Waals surface area contributed by atoms with Gasteiger partial charge in [-0.25, -0.2) is 18.4 Å². The first-order valence-corrected chi connectivity index (χ1v) is 13.4. The number of hydrogen-bond acceptors (Lipinski definition) is 7. The van der Waals surface area contributed by atoms with Crippen LogP contribution < -0.4 is 5.32 Å². The van der Waals surface area contributed by atoms with E-state index in [2.05, 4.69) is 15.4 Å². The molecule has 1 amide bonds. The Bertz CT molecular complexity index is 1550. The van der Waals surface area contributed by atoms with E-state index in [1.807, 2.05) is 6.07 Å². The van der Waals surface area contributed by atoms with Crippen molar-refractivity contribution in [2.45, 2.75) is 31.8 Å². The van der Waals surface area contributed by atoms with Gasteiger partial charge in [-0.1, -0.05) is 25.1 Å². The summed E-state index contributed by atoms with van der Waals surface area (Å²) < 4.78 is 41.8. The van der Waals surface area contributed by atoms with Crippen molar-refractivity contribution < 1.29 is 28.2 Å². The van der Waals surface area contributed by atoms with Gasteiger partial charge in [0.2, 0.25) is 0 Å². The lowest BCUT2D eigenvalue weighted by molar-refractivity contribution is -0.210. The maximum Gasteiger partial charge on any atom is 0.255 e. The van der Waals surface area contributed by atoms with Crippen molar-refractivity contribution in [2.24, 2.45) is 11.8 Å². The largest absolute Gasteiger partial charge is 0.383 e. The zero-order valence-corrected chi connectivity index (χ0v) is 22.8. The van der Waals surface area contributed by atoms with Crippen LogP contribution in [0.2, 0.25) is 0 Å². The van der Waals surface area contributed by atoms with Gasteiger partial charge in [0, 0.05) is 34.4 Å². The maximum atomic E-state index is 14.8. The van der Waals surface area contributed by atoms with Crippen molar-refractivity contribution >= 4 is 11.6 Å². The fourth-order valence-electron chi connectivity index (χ4n) is 5.10. The van der Waals surface area contributed by atoms with Gasteiger partial charge in [-0.15, -0.1) is 0 Å². The van der Waals surface area contributed by atoms with Crippen LogP contribution in [0.15, 0.2) is 79.4 Å². The average Bonchev–Trinajstić information content (AvgIpc) is 3.50. The Labute approximate surface area is 241 Å². The molecule has 42 heavy (non-hydrogen) atoms. The first kappa shape index (κ1) is 29.0. The summed E-state index contributed by atoms with van der Waals surface area (Å²) >= 11 is 0. The zero-order chi connectivity index (χ0) is 29.7. The number of benzene rings is 3. The van der Waals surface area contributed by atoms with Gasteiger partial charge in [-0.3, -0.25) is 4.79 Å². The van der Waals surface area contributed by atoms with Gasteiger partial charge in [0.05, 0.1) is 31.4 Å². The summed E-state index contributed by atoms with van der Waals surface area (Å²) in [5.41, 5.74) is 0.559. The van der Waals surface area contributed by atoms with Crippen molar-refractivity contribution in [3.8, 4) is 6.07 Å². The van der Waals surface area contributed by atoms with Gasteiger partial charge >= 0.3 is 0 Å². The number of hydrogen-bond donors (Lipinski definition) is 2. The number of nitrogens with zero attached hydrogens (tertiary/aromatic N) is 4. The molecule has 0 aliphatic carbocycles. The third kappa shape index (κ3) is 6.52. The first-order chi connectivity index (χ1) is 20.2. The molecule has 1 aromatic heterocycles. The highest BCUT2D eigenvalue weighted by Gasteiger charge is 2.40. The van der Waals surface area contributed by atoms with Crippen LogP contribution in [0.25, 0.3) is 0 Å². The molecule has 0 bridgehead atoms. The molecule has 9 nitrogen and oxygen atoms in total. The molecular weight excluding hydrogens is 544 g/mol. The Morgan fingerprint density at radius 3 is 2.48 bits per heavy atom. The fraction of sp³-hybridized carbons (Fsp3) is 0.290. The summed E-state index contributed by atoms with van der Waals surface area (Å²) in [6.45, 7) is 2.40. The van der Waals surface area contributed by atoms with Crippen LogP contribution in [0, 0.1) is 34.8 Å². The number of carbonyl (C=O) groups excluding carboxylic acids is 1. The minimum absolute atomic E-state index is 0.0225. The Kier molecular flexibility index (Phi) is 8.68. The predicted octanol–water partition coefficient (Wildman–Crippen LogP) is 4.96. The highest BCUT2D eigenvalue weighted by Crippen LogP contribution is 2.38. The van der Waals surface area contributed by atoms with Crippen LogP contribution in [0.1, 0.15) is 46.7 Å². The van der Waals surface area contributed by atoms with E-state index in [1.165, 1.54) is 23.4 Å². The van der Waals surface area contributed by atoms with Gasteiger partial charge in [-0.05, 0) is 54.8 Å². The van der Waals surface area contributed by atoms with Crippen LogP contribution >= 0.6 is 0 Å². The maximum absolute atomic E-state index is 14.8. The van der Waals surface area contributed by atoms with E-state index in [0.717, 1.165) is 17.7 Å². The van der Waals surface area contributed by atoms with Crippen LogP contribution in [0.5, 0.6) is 0 Å². The van der Waals surface area contributed by atoms with Gasteiger partial charge in [0.15, 0.2) is 6.29 Å². The minimum atomic E-state index is -1.70. The van der Waals surface area contributed by atoms with Gasteiger partial charge in [-0.2, -0.15) is 10.4 Å². The summed E-state index contributed by atoms with van der Waals surface area (Å²) in [6.07, 6.45) is 2.56. The third-order valence-corrected chi connectivity index (χ3v) is 7.45. The molecule has 2 N–H and O–H groups in total. The molecule has 2 heterocycles. The predicted molar refractivity (Wildman–Crippen MR) is 148 cm³/mol. The normalized spacial score (nSPS) is 18.9. The highest BCUT2D eigenvalue weighted by molar-refractivity contribution is 6.04. The van der Waals surface area contributed by atoms with Crippen molar-refractivity contribution in [3.05, 3.63) is 113 Å². The molecule has 11 heteroatoms. The first-order valence-electron chi connectivity index (χ1n) is 13.4. The zero-order valence-electron chi connectivity index (χ0n) is 22.8. The average molecular weight is 574 g/mol. The van der Waals surface area contributed by atoms with Crippen molar-refractivity contribution in [2.75, 3.05) is 18.5 Å². The number of anilines is 1. The lowest BCUT2D eigenvalue weighted by Gasteiger charge is -2.38. The monoisotopic (exact) mass is 573 g/mol. The molecule has 216 valence electrons. The van der Waals surface area contributed by atoms with E-state index in [1.54, 1.807) is 55.5 Å². The summed E-state index contributed by atoms with van der Waals surface area (Å²) in [6, 6.07) is 18.6. The number of carbonyl (C=O) groups is 1. The quantitative estimate of drug-likeness (QED) is 0.290. The molecule has 2 atom stereocenters. The molecule has 0 radical (unpaired) electrons. The lowest BCUT2D eigenvalue weighted by atomic mass is 9.77. The summed E-state index contributed by atoms with van der Waals surface area (Å²) in [4.78, 5) is 16.5. The van der Waals surface area contributed by atoms with Crippen LogP contribution in [-0.2, 0) is 21.6 Å². The molecule has 4 aromatic rings. The number of amides is 1. The highest BCUT2D eigenvalue weighted by atomic mass is 19.1. The van der Waals surface area contributed by atoms with Crippen LogP contribution in [0.3, 0.4) is 0 Å². The van der Waals surface area contributed by atoms with Crippen LogP contribution in [-0.4, -0.2) is 39.0 Å². The second-order valence-corrected chi connectivity index (χ2v) is 10.4. The van der Waals surface area contributed by atoms with Gasteiger partial charge in [0.25, 0.3) is 5.91 Å². The second-order valence-electron chi connectivity index (χ2n) is 10.4. The molecule has 3 aromatic carbocycles. The Balaban J connectivity index is 1.19. The summed E-state index contributed by atoms with van der Waals surface area (Å²) in [5, 5.41) is 27.5. The van der Waals surface area contributed by atoms with E-state index in [-0.39, 0.29) is 23.9 Å². The molecular formula is C31H29F2N5O4. The number of halogens is 2. The van der Waals surface area contributed by atoms with E-state index in [4.69, 9.17) is 14.7 Å². The molecule has 1 saturated heterocycles. The second kappa shape index (κ2) is 12.6. The number of ether oxygens (including phenoxy) is 2. The van der Waals surface area contributed by atoms with Crippen molar-refractivity contribution in [1.29, 1.82) is 5.26 Å². The molecule has 0 spiro atoms. The number of aliphatic hydroxyl groups is 1. The molecule has 0 unspecified atom stereocenters. The van der Waals surface area contributed by atoms with E-state index in [9.17, 15) is 18.7 Å². The molecule has 1 aliphatic heterocycles. The van der Waals surface area contributed by atoms with Crippen molar-refractivity contribution in [3.63, 3.8) is 0 Å². The Morgan fingerprint density at radius 1 is 1.14 bits per heavy atom. The van der Waals surface area contributed by atoms with Gasteiger partial charge in [0.1, 0.15) is 29.9 Å². The van der Waals surface area contributed by atoms with Crippen LogP contribution in [0.4, 0.5) is 14.5 Å². The standard InChI is InChI=1S/C31H29F2N5O4/c1-20(31(40,17-38-19-35-18-36-38)27-11-8-25(32)13-28(27)33)12-22-15-41-30(42-16-22)24-6-4-23(5-7-24)29(39)37-26-9-2-21(14-34)3-10-26/h2-11,13,18-20,22,30,40H,12,15-17H2,1H3,(H,37,39)/t20-,22-,30-,31+/m0/s1. The van der Waals surface area contributed by atoms with Gasteiger partial charge < -0.3 is 19.9 Å². The molecule has 0 saturated carbocycles. The topological polar surface area (TPSA) is 122 Å². The summed E-state index contributed by atoms with van der Waals surface area (Å²) in [5.74, 6) is -2.44. The van der Waals surface area contributed by atoms with E-state index in [0.29, 0.717) is 36.4 Å². The smallest absolute Gasteiger partial charge is 0.255 e. The summed E-state index contributed by atoms with van der Waals surface area (Å²) in [7, 11) is 0. The minimum Gasteiger partial charge on any atom is -0.383 e. The Hall–Kier alpha value is -4.50. The van der Waals surface area contributed by atoms with Crippen molar-refractivity contribution in [1.82, 2.24) is 14.8 Å². The molecule has 1 fully saturated rings. The van der Waals surface area contributed by atoms with E-state index < -0.39 is 29.4 Å².